The first-order valence-electron chi connectivity index (χ1n) is 8.00. The lowest BCUT2D eigenvalue weighted by molar-refractivity contribution is -0.118. The molecule has 1 amide bonds. The number of Topliss-reactive ketones (excluding diaryl/α,β-unsaturated/α-hetero) is 1. The molecule has 0 radical (unpaired) electrons. The van der Waals surface area contributed by atoms with Gasteiger partial charge in [0.05, 0.1) is 17.2 Å². The van der Waals surface area contributed by atoms with Crippen molar-refractivity contribution in [3.05, 3.63) is 53.3 Å². The van der Waals surface area contributed by atoms with Crippen molar-refractivity contribution in [3.8, 4) is 0 Å². The Hall–Kier alpha value is -2.08. The second-order valence-corrected chi connectivity index (χ2v) is 6.62. The van der Waals surface area contributed by atoms with Crippen molar-refractivity contribution >= 4 is 23.5 Å². The van der Waals surface area contributed by atoms with Crippen molar-refractivity contribution in [2.75, 3.05) is 18.1 Å². The number of carbonyl (C=O) groups excluding carboxylic acids is 2. The molecule has 2 aromatic rings. The fourth-order valence-electron chi connectivity index (χ4n) is 2.35. The molecule has 0 atom stereocenters. The zero-order valence-corrected chi connectivity index (χ0v) is 14.9. The Balaban J connectivity index is 1.58. The van der Waals surface area contributed by atoms with Crippen molar-refractivity contribution in [1.82, 2.24) is 15.1 Å². The van der Waals surface area contributed by atoms with Gasteiger partial charge < -0.3 is 5.32 Å². The topological polar surface area (TPSA) is 64.0 Å². The second kappa shape index (κ2) is 9.27. The van der Waals surface area contributed by atoms with Crippen molar-refractivity contribution in [3.63, 3.8) is 0 Å². The van der Waals surface area contributed by atoms with Gasteiger partial charge in [0.25, 0.3) is 0 Å². The Kier molecular flexibility index (Phi) is 7.06. The van der Waals surface area contributed by atoms with Gasteiger partial charge in [-0.15, -0.1) is 11.8 Å². The van der Waals surface area contributed by atoms with Crippen molar-refractivity contribution in [2.24, 2.45) is 0 Å². The molecule has 0 unspecified atom stereocenters. The molecule has 2 rings (SSSR count). The molecule has 0 saturated heterocycles. The summed E-state index contributed by atoms with van der Waals surface area (Å²) in [4.78, 5) is 23.7. The number of ketones is 1. The predicted octanol–water partition coefficient (Wildman–Crippen LogP) is 2.62. The van der Waals surface area contributed by atoms with E-state index < -0.39 is 0 Å². The van der Waals surface area contributed by atoms with Crippen LogP contribution in [0.5, 0.6) is 0 Å². The Morgan fingerprint density at radius 1 is 1.17 bits per heavy atom. The molecule has 5 nitrogen and oxygen atoms in total. The van der Waals surface area contributed by atoms with E-state index in [2.05, 4.69) is 10.4 Å². The second-order valence-electron chi connectivity index (χ2n) is 5.64. The van der Waals surface area contributed by atoms with E-state index in [0.717, 1.165) is 24.4 Å². The van der Waals surface area contributed by atoms with Gasteiger partial charge in [0.15, 0.2) is 5.78 Å². The van der Waals surface area contributed by atoms with Crippen LogP contribution in [0.3, 0.4) is 0 Å². The number of aromatic nitrogens is 2. The minimum atomic E-state index is -0.0331. The zero-order chi connectivity index (χ0) is 17.4. The Labute approximate surface area is 146 Å². The molecule has 0 aliphatic rings. The summed E-state index contributed by atoms with van der Waals surface area (Å²) >= 11 is 1.35. The summed E-state index contributed by atoms with van der Waals surface area (Å²) < 4.78 is 1.95. The van der Waals surface area contributed by atoms with Gasteiger partial charge in [-0.2, -0.15) is 5.10 Å². The van der Waals surface area contributed by atoms with Gasteiger partial charge in [0, 0.05) is 24.3 Å². The lowest BCUT2D eigenvalue weighted by Crippen LogP contribution is -2.27. The Morgan fingerprint density at radius 3 is 2.58 bits per heavy atom. The van der Waals surface area contributed by atoms with Crippen LogP contribution in [0.2, 0.25) is 0 Å². The number of nitrogens with zero attached hydrogens (tertiary/aromatic N) is 2. The van der Waals surface area contributed by atoms with Crippen molar-refractivity contribution in [1.29, 1.82) is 0 Å². The lowest BCUT2D eigenvalue weighted by atomic mass is 10.2. The third-order valence-corrected chi connectivity index (χ3v) is 4.47. The highest BCUT2D eigenvalue weighted by Gasteiger charge is 2.07. The number of nitrogens with one attached hydrogen (secondary N) is 1. The summed E-state index contributed by atoms with van der Waals surface area (Å²) in [5, 5.41) is 7.27. The summed E-state index contributed by atoms with van der Waals surface area (Å²) in [5.74, 6) is 0.647. The molecule has 24 heavy (non-hydrogen) atoms. The minimum absolute atomic E-state index is 0.0331. The first-order chi connectivity index (χ1) is 11.6. The van der Waals surface area contributed by atoms with Gasteiger partial charge in [0.2, 0.25) is 5.91 Å². The summed E-state index contributed by atoms with van der Waals surface area (Å²) in [5.41, 5.74) is 2.83. The zero-order valence-electron chi connectivity index (χ0n) is 14.1. The van der Waals surface area contributed by atoms with Crippen LogP contribution < -0.4 is 5.32 Å². The molecule has 128 valence electrons. The van der Waals surface area contributed by atoms with Crippen LogP contribution in [-0.2, 0) is 11.3 Å². The van der Waals surface area contributed by atoms with Gasteiger partial charge in [-0.3, -0.25) is 14.3 Å². The number of hydrogen-bond acceptors (Lipinski definition) is 4. The maximum atomic E-state index is 11.9. The largest absolute Gasteiger partial charge is 0.355 e. The average Bonchev–Trinajstić information content (AvgIpc) is 2.90. The number of benzene rings is 1. The molecule has 1 heterocycles. The molecule has 0 fully saturated rings. The van der Waals surface area contributed by atoms with Crippen molar-refractivity contribution < 1.29 is 9.59 Å². The van der Waals surface area contributed by atoms with Crippen LogP contribution in [0.1, 0.15) is 28.2 Å². The van der Waals surface area contributed by atoms with Crippen LogP contribution in [-0.4, -0.2) is 39.5 Å². The molecule has 1 aromatic heterocycles. The van der Waals surface area contributed by atoms with Crippen LogP contribution >= 0.6 is 11.8 Å². The molecule has 0 aliphatic carbocycles. The maximum Gasteiger partial charge on any atom is 0.230 e. The highest BCUT2D eigenvalue weighted by molar-refractivity contribution is 8.00. The maximum absolute atomic E-state index is 11.9. The number of hydrogen-bond donors (Lipinski definition) is 1. The molecule has 0 spiro atoms. The number of amides is 1. The van der Waals surface area contributed by atoms with Crippen LogP contribution in [0.25, 0.3) is 0 Å². The number of rotatable bonds is 9. The van der Waals surface area contributed by atoms with Crippen LogP contribution in [0, 0.1) is 13.8 Å². The lowest BCUT2D eigenvalue weighted by Gasteiger charge is -2.06. The third-order valence-electron chi connectivity index (χ3n) is 3.53. The fourth-order valence-corrected chi connectivity index (χ4v) is 3.09. The standard InChI is InChI=1S/C18H23N3O2S/c1-14-11-15(2)21(20-14)10-6-9-19-18(23)13-24-12-17(22)16-7-4-3-5-8-16/h3-5,7-8,11H,6,9-10,12-13H2,1-2H3,(H,19,23). The van der Waals surface area contributed by atoms with E-state index >= 15 is 0 Å². The first kappa shape index (κ1) is 18.3. The molecule has 0 saturated carbocycles. The van der Waals surface area contributed by atoms with E-state index in [-0.39, 0.29) is 11.7 Å². The highest BCUT2D eigenvalue weighted by atomic mass is 32.2. The molecule has 0 aliphatic heterocycles. The Morgan fingerprint density at radius 2 is 1.92 bits per heavy atom. The highest BCUT2D eigenvalue weighted by Crippen LogP contribution is 2.07. The average molecular weight is 345 g/mol. The SMILES string of the molecule is Cc1cc(C)n(CCCNC(=O)CSCC(=O)c2ccccc2)n1. The summed E-state index contributed by atoms with van der Waals surface area (Å²) in [7, 11) is 0. The van der Waals surface area contributed by atoms with Crippen molar-refractivity contribution in [2.45, 2.75) is 26.8 Å². The number of carbonyl (C=O) groups is 2. The predicted molar refractivity (Wildman–Crippen MR) is 97.4 cm³/mol. The van der Waals surface area contributed by atoms with Gasteiger partial charge >= 0.3 is 0 Å². The molecule has 1 aromatic carbocycles. The normalized spacial score (nSPS) is 10.6. The monoisotopic (exact) mass is 345 g/mol. The molecular formula is C18H23N3O2S. The number of aryl methyl sites for hydroxylation is 3. The van der Waals surface area contributed by atoms with Crippen LogP contribution in [0.4, 0.5) is 0 Å². The van der Waals surface area contributed by atoms with E-state index in [1.807, 2.05) is 42.8 Å². The fraction of sp³-hybridized carbons (Fsp3) is 0.389. The van der Waals surface area contributed by atoms with Gasteiger partial charge in [-0.1, -0.05) is 30.3 Å². The summed E-state index contributed by atoms with van der Waals surface area (Å²) in [6, 6.07) is 11.2. The van der Waals surface area contributed by atoms with E-state index in [1.165, 1.54) is 11.8 Å². The smallest absolute Gasteiger partial charge is 0.230 e. The molecule has 6 heteroatoms. The summed E-state index contributed by atoms with van der Waals surface area (Å²) in [6.45, 7) is 5.40. The van der Waals surface area contributed by atoms with E-state index in [4.69, 9.17) is 0 Å². The van der Waals surface area contributed by atoms with Gasteiger partial charge in [-0.25, -0.2) is 0 Å². The molecule has 1 N–H and O–H groups in total. The van der Waals surface area contributed by atoms with Crippen LogP contribution in [0.15, 0.2) is 36.4 Å². The number of thioether (sulfide) groups is 1. The van der Waals surface area contributed by atoms with Gasteiger partial charge in [0.1, 0.15) is 0 Å². The van der Waals surface area contributed by atoms with E-state index in [0.29, 0.717) is 23.6 Å². The van der Waals surface area contributed by atoms with E-state index in [9.17, 15) is 9.59 Å². The molecular weight excluding hydrogens is 322 g/mol. The van der Waals surface area contributed by atoms with Gasteiger partial charge in [-0.05, 0) is 26.3 Å². The Bertz CT molecular complexity index is 683. The quantitative estimate of drug-likeness (QED) is 0.560. The van der Waals surface area contributed by atoms with E-state index in [1.54, 1.807) is 12.1 Å². The molecule has 0 bridgehead atoms. The minimum Gasteiger partial charge on any atom is -0.355 e. The third kappa shape index (κ3) is 5.85. The summed E-state index contributed by atoms with van der Waals surface area (Å²) in [6.07, 6.45) is 0.835. The first-order valence-corrected chi connectivity index (χ1v) is 9.15.